The molecular formula is C19H18N2O4S. The molecule has 0 saturated heterocycles. The number of benzene rings is 1. The number of rotatable bonds is 4. The maximum atomic E-state index is 11.6. The van der Waals surface area contributed by atoms with Gasteiger partial charge in [0.25, 0.3) is 5.69 Å². The standard InChI is InChI=1S/C19H18N2O4S/c1-19(2)10-12(4-3-11-5-7-13(8-6-11)21(24)25)9-14-15(18(22)23)17(20)26-16(14)19/h3-9H,10,20H2,1-2H3,(H,22,23)/b4-3+. The Bertz CT molecular complexity index is 953. The minimum atomic E-state index is -1.02. The predicted octanol–water partition coefficient (Wildman–Crippen LogP) is 4.71. The molecule has 1 heterocycles. The van der Waals surface area contributed by atoms with Gasteiger partial charge in [-0.05, 0) is 35.8 Å². The van der Waals surface area contributed by atoms with Crippen molar-refractivity contribution in [2.75, 3.05) is 5.73 Å². The van der Waals surface area contributed by atoms with Gasteiger partial charge in [0.1, 0.15) is 10.6 Å². The third-order valence-electron chi connectivity index (χ3n) is 4.37. The molecule has 0 fully saturated rings. The van der Waals surface area contributed by atoms with Crippen LogP contribution >= 0.6 is 11.3 Å². The van der Waals surface area contributed by atoms with Crippen molar-refractivity contribution >= 4 is 40.1 Å². The van der Waals surface area contributed by atoms with E-state index < -0.39 is 10.9 Å². The van der Waals surface area contributed by atoms with E-state index in [4.69, 9.17) is 5.73 Å². The average Bonchev–Trinajstić information content (AvgIpc) is 2.90. The van der Waals surface area contributed by atoms with E-state index in [2.05, 4.69) is 13.8 Å². The summed E-state index contributed by atoms with van der Waals surface area (Å²) in [6, 6.07) is 6.28. The van der Waals surface area contributed by atoms with E-state index in [0.29, 0.717) is 10.6 Å². The molecule has 2 aromatic rings. The summed E-state index contributed by atoms with van der Waals surface area (Å²) in [5.74, 6) is -1.02. The van der Waals surface area contributed by atoms with Crippen LogP contribution in [0.5, 0.6) is 0 Å². The lowest BCUT2D eigenvalue weighted by atomic mass is 9.77. The van der Waals surface area contributed by atoms with Crippen molar-refractivity contribution in [3.8, 4) is 0 Å². The third kappa shape index (κ3) is 3.25. The molecule has 1 aromatic carbocycles. The van der Waals surface area contributed by atoms with Gasteiger partial charge in [-0.2, -0.15) is 0 Å². The molecule has 0 aliphatic heterocycles. The molecule has 0 saturated carbocycles. The van der Waals surface area contributed by atoms with Gasteiger partial charge in [0, 0.05) is 28.0 Å². The maximum absolute atomic E-state index is 11.6. The average molecular weight is 370 g/mol. The van der Waals surface area contributed by atoms with Crippen molar-refractivity contribution in [3.63, 3.8) is 0 Å². The summed E-state index contributed by atoms with van der Waals surface area (Å²) in [4.78, 5) is 22.8. The smallest absolute Gasteiger partial charge is 0.339 e. The van der Waals surface area contributed by atoms with E-state index in [9.17, 15) is 20.0 Å². The monoisotopic (exact) mass is 370 g/mol. The number of nitrogens with two attached hydrogens (primary N) is 1. The molecule has 3 rings (SSSR count). The van der Waals surface area contributed by atoms with E-state index in [0.717, 1.165) is 22.4 Å². The normalized spacial score (nSPS) is 15.5. The molecule has 0 radical (unpaired) electrons. The number of carbonyl (C=O) groups is 1. The first kappa shape index (κ1) is 17.9. The van der Waals surface area contributed by atoms with E-state index >= 15 is 0 Å². The second kappa shape index (κ2) is 6.42. The summed E-state index contributed by atoms with van der Waals surface area (Å²) >= 11 is 1.34. The molecule has 1 aliphatic rings. The van der Waals surface area contributed by atoms with Gasteiger partial charge in [0.05, 0.1) is 4.92 Å². The highest BCUT2D eigenvalue weighted by Gasteiger charge is 2.34. The topological polar surface area (TPSA) is 106 Å². The van der Waals surface area contributed by atoms with E-state index in [-0.39, 0.29) is 16.7 Å². The second-order valence-corrected chi connectivity index (χ2v) is 7.90. The second-order valence-electron chi connectivity index (χ2n) is 6.85. The third-order valence-corrected chi connectivity index (χ3v) is 5.77. The highest BCUT2D eigenvalue weighted by atomic mass is 32.1. The van der Waals surface area contributed by atoms with Crippen LogP contribution in [0.4, 0.5) is 10.7 Å². The van der Waals surface area contributed by atoms with Gasteiger partial charge in [-0.1, -0.05) is 26.0 Å². The van der Waals surface area contributed by atoms with Gasteiger partial charge in [-0.3, -0.25) is 10.1 Å². The fraction of sp³-hybridized carbons (Fsp3) is 0.211. The molecule has 1 aliphatic carbocycles. The molecule has 7 heteroatoms. The molecular weight excluding hydrogens is 352 g/mol. The van der Waals surface area contributed by atoms with Crippen LogP contribution in [0.15, 0.2) is 35.9 Å². The van der Waals surface area contributed by atoms with Crippen molar-refractivity contribution in [2.24, 2.45) is 0 Å². The highest BCUT2D eigenvalue weighted by Crippen LogP contribution is 2.46. The van der Waals surface area contributed by atoms with Crippen LogP contribution in [0.1, 0.15) is 46.6 Å². The Morgan fingerprint density at radius 3 is 2.54 bits per heavy atom. The number of hydrogen-bond acceptors (Lipinski definition) is 5. The lowest BCUT2D eigenvalue weighted by molar-refractivity contribution is -0.384. The van der Waals surface area contributed by atoms with E-state index in [1.54, 1.807) is 12.1 Å². The maximum Gasteiger partial charge on any atom is 0.339 e. The Hall–Kier alpha value is -2.93. The predicted molar refractivity (Wildman–Crippen MR) is 103 cm³/mol. The SMILES string of the molecule is CC1(C)CC(/C=C/c2ccc([N+](=O)[O-])cc2)=Cc2c1sc(N)c2C(=O)O. The summed E-state index contributed by atoms with van der Waals surface area (Å²) in [6.45, 7) is 4.14. The van der Waals surface area contributed by atoms with Crippen molar-refractivity contribution < 1.29 is 14.8 Å². The molecule has 0 unspecified atom stereocenters. The van der Waals surface area contributed by atoms with Crippen LogP contribution in [0.25, 0.3) is 12.2 Å². The number of aromatic carboxylic acids is 1. The van der Waals surface area contributed by atoms with Crippen molar-refractivity contribution in [2.45, 2.75) is 25.7 Å². The number of thiophene rings is 1. The van der Waals surface area contributed by atoms with Gasteiger partial charge in [0.2, 0.25) is 0 Å². The first-order chi connectivity index (χ1) is 12.2. The minimum absolute atomic E-state index is 0.0460. The van der Waals surface area contributed by atoms with Gasteiger partial charge in [-0.15, -0.1) is 11.3 Å². The summed E-state index contributed by atoms with van der Waals surface area (Å²) < 4.78 is 0. The zero-order chi connectivity index (χ0) is 19.1. The van der Waals surface area contributed by atoms with Crippen LogP contribution in [-0.4, -0.2) is 16.0 Å². The summed E-state index contributed by atoms with van der Waals surface area (Å²) in [6.07, 6.45) is 6.42. The van der Waals surface area contributed by atoms with Crippen LogP contribution in [0.2, 0.25) is 0 Å². The Balaban J connectivity index is 1.96. The first-order valence-electron chi connectivity index (χ1n) is 7.98. The Labute approximate surface area is 154 Å². The lowest BCUT2D eigenvalue weighted by Gasteiger charge is -2.29. The lowest BCUT2D eigenvalue weighted by Crippen LogP contribution is -2.20. The molecule has 1 aromatic heterocycles. The number of nitrogen functional groups attached to an aromatic ring is 1. The summed E-state index contributed by atoms with van der Waals surface area (Å²) in [5, 5.41) is 20.5. The van der Waals surface area contributed by atoms with Crippen LogP contribution in [-0.2, 0) is 5.41 Å². The number of carboxylic acids is 1. The Morgan fingerprint density at radius 1 is 1.31 bits per heavy atom. The van der Waals surface area contributed by atoms with Crippen LogP contribution in [0, 0.1) is 10.1 Å². The number of fused-ring (bicyclic) bond motifs is 1. The number of nitro groups is 1. The molecule has 134 valence electrons. The molecule has 3 N–H and O–H groups in total. The minimum Gasteiger partial charge on any atom is -0.478 e. The van der Waals surface area contributed by atoms with Crippen molar-refractivity contribution in [3.05, 3.63) is 67.6 Å². The van der Waals surface area contributed by atoms with Crippen LogP contribution < -0.4 is 5.73 Å². The quantitative estimate of drug-likeness (QED) is 0.598. The van der Waals surface area contributed by atoms with E-state index in [1.165, 1.54) is 23.5 Å². The summed E-state index contributed by atoms with van der Waals surface area (Å²) in [5.41, 5.74) is 8.43. The number of nitro benzene ring substituents is 1. The molecule has 26 heavy (non-hydrogen) atoms. The largest absolute Gasteiger partial charge is 0.478 e. The number of hydrogen-bond donors (Lipinski definition) is 2. The van der Waals surface area contributed by atoms with E-state index in [1.807, 2.05) is 18.2 Å². The first-order valence-corrected chi connectivity index (χ1v) is 8.80. The number of allylic oxidation sites excluding steroid dienone is 2. The fourth-order valence-corrected chi connectivity index (χ4v) is 4.31. The van der Waals surface area contributed by atoms with Crippen molar-refractivity contribution in [1.82, 2.24) is 0 Å². The highest BCUT2D eigenvalue weighted by molar-refractivity contribution is 7.16. The Kier molecular flexibility index (Phi) is 4.41. The number of nitrogens with zero attached hydrogens (tertiary/aromatic N) is 1. The zero-order valence-corrected chi connectivity index (χ0v) is 15.2. The van der Waals surface area contributed by atoms with Crippen molar-refractivity contribution in [1.29, 1.82) is 0 Å². The van der Waals surface area contributed by atoms with Gasteiger partial charge in [-0.25, -0.2) is 4.79 Å². The zero-order valence-electron chi connectivity index (χ0n) is 14.4. The fourth-order valence-electron chi connectivity index (χ4n) is 3.17. The number of anilines is 1. The molecule has 0 spiro atoms. The number of carboxylic acid groups (broad SMARTS) is 1. The summed E-state index contributed by atoms with van der Waals surface area (Å²) in [7, 11) is 0. The molecule has 0 atom stereocenters. The molecule has 0 amide bonds. The molecule has 6 nitrogen and oxygen atoms in total. The molecule has 0 bridgehead atoms. The number of non-ortho nitro benzene ring substituents is 1. The van der Waals surface area contributed by atoms with Crippen LogP contribution in [0.3, 0.4) is 0 Å². The van der Waals surface area contributed by atoms with Gasteiger partial charge < -0.3 is 10.8 Å². The van der Waals surface area contributed by atoms with Gasteiger partial charge >= 0.3 is 5.97 Å². The van der Waals surface area contributed by atoms with Gasteiger partial charge in [0.15, 0.2) is 0 Å². The Morgan fingerprint density at radius 2 is 1.96 bits per heavy atom.